The highest BCUT2D eigenvalue weighted by molar-refractivity contribution is 8.23. The predicted octanol–water partition coefficient (Wildman–Crippen LogP) is 11.1. The van der Waals surface area contributed by atoms with Crippen molar-refractivity contribution in [1.29, 1.82) is 0 Å². The third kappa shape index (κ3) is 9.47. The molecule has 0 N–H and O–H groups in total. The number of nitrogens with zero attached hydrogens (tertiary/aromatic N) is 2. The van der Waals surface area contributed by atoms with Crippen LogP contribution in [0.3, 0.4) is 0 Å². The smallest absolute Gasteiger partial charge is 0.136 e. The summed E-state index contributed by atoms with van der Waals surface area (Å²) in [6, 6.07) is 16.7. The summed E-state index contributed by atoms with van der Waals surface area (Å²) in [5.41, 5.74) is 7.74. The van der Waals surface area contributed by atoms with Crippen molar-refractivity contribution in [2.45, 2.75) is 111 Å². The van der Waals surface area contributed by atoms with Crippen LogP contribution in [0.1, 0.15) is 117 Å². The minimum atomic E-state index is 0.0977. The first-order valence-electron chi connectivity index (χ1n) is 16.7. The molecule has 43 heavy (non-hydrogen) atoms. The fourth-order valence-electron chi connectivity index (χ4n) is 6.46. The molecule has 1 aliphatic rings. The number of fused-ring (bicyclic) bond motifs is 3. The number of hydrogen-bond acceptors (Lipinski definition) is 4. The second kappa shape index (κ2) is 17.6. The average Bonchev–Trinajstić information content (AvgIpc) is 3.26. The van der Waals surface area contributed by atoms with Gasteiger partial charge in [0.15, 0.2) is 0 Å². The second-order valence-corrected chi connectivity index (χ2v) is 16.3. The Morgan fingerprint density at radius 2 is 1.14 bits per heavy atom. The molecule has 0 saturated heterocycles. The van der Waals surface area contributed by atoms with Gasteiger partial charge in [0.2, 0.25) is 0 Å². The van der Waals surface area contributed by atoms with Crippen LogP contribution in [0.15, 0.2) is 42.5 Å². The van der Waals surface area contributed by atoms with Gasteiger partial charge in [-0.2, -0.15) is 0 Å². The first-order valence-corrected chi connectivity index (χ1v) is 19.5. The van der Waals surface area contributed by atoms with Crippen LogP contribution in [0.5, 0.6) is 0 Å². The van der Waals surface area contributed by atoms with Crippen molar-refractivity contribution in [2.24, 2.45) is 0 Å². The van der Waals surface area contributed by atoms with Crippen molar-refractivity contribution in [1.82, 2.24) is 9.80 Å². The van der Waals surface area contributed by atoms with Gasteiger partial charge in [-0.15, -0.1) is 0 Å². The van der Waals surface area contributed by atoms with Crippen LogP contribution >= 0.6 is 48.0 Å². The van der Waals surface area contributed by atoms with E-state index in [2.05, 4.69) is 101 Å². The van der Waals surface area contributed by atoms with Crippen LogP contribution in [-0.4, -0.2) is 56.1 Å². The summed E-state index contributed by atoms with van der Waals surface area (Å²) in [6.45, 7) is 19.8. The molecule has 6 heteroatoms. The minimum absolute atomic E-state index is 0.0977. The lowest BCUT2D eigenvalue weighted by atomic mass is 9.69. The lowest BCUT2D eigenvalue weighted by molar-refractivity contribution is 0.405. The molecule has 2 aromatic rings. The maximum absolute atomic E-state index is 5.68. The molecule has 1 aliphatic carbocycles. The predicted molar refractivity (Wildman–Crippen MR) is 204 cm³/mol. The van der Waals surface area contributed by atoms with Gasteiger partial charge in [0.05, 0.1) is 0 Å². The van der Waals surface area contributed by atoms with Gasteiger partial charge in [-0.3, -0.25) is 0 Å². The molecule has 0 radical (unpaired) electrons. The molecule has 238 valence electrons. The molecule has 0 aliphatic heterocycles. The van der Waals surface area contributed by atoms with Crippen molar-refractivity contribution < 1.29 is 0 Å². The van der Waals surface area contributed by atoms with Crippen LogP contribution in [0.25, 0.3) is 11.1 Å². The molecule has 0 spiro atoms. The summed E-state index contributed by atoms with van der Waals surface area (Å²) in [5, 5.41) is 0. The van der Waals surface area contributed by atoms with Crippen molar-refractivity contribution in [2.75, 3.05) is 37.7 Å². The Bertz CT molecular complexity index is 1140. The van der Waals surface area contributed by atoms with Gasteiger partial charge in [-0.25, -0.2) is 0 Å². The van der Waals surface area contributed by atoms with E-state index in [4.69, 9.17) is 24.4 Å². The van der Waals surface area contributed by atoms with Crippen molar-refractivity contribution in [3.05, 3.63) is 59.2 Å². The third-order valence-electron chi connectivity index (χ3n) is 9.12. The van der Waals surface area contributed by atoms with Gasteiger partial charge in [0.1, 0.15) is 8.64 Å². The van der Waals surface area contributed by atoms with E-state index in [0.717, 1.165) is 46.3 Å². The Morgan fingerprint density at radius 3 is 1.63 bits per heavy atom. The molecule has 0 amide bonds. The monoisotopic (exact) mass is 656 g/mol. The van der Waals surface area contributed by atoms with Crippen LogP contribution < -0.4 is 0 Å². The van der Waals surface area contributed by atoms with Gasteiger partial charge in [-0.1, -0.05) is 137 Å². The quantitative estimate of drug-likeness (QED) is 0.130. The molecule has 2 nitrogen and oxygen atoms in total. The van der Waals surface area contributed by atoms with Gasteiger partial charge in [-0.05, 0) is 86.6 Å². The molecule has 0 saturated carbocycles. The number of thioether (sulfide) groups is 2. The zero-order chi connectivity index (χ0) is 31.5. The van der Waals surface area contributed by atoms with Crippen LogP contribution in [0.4, 0.5) is 0 Å². The van der Waals surface area contributed by atoms with E-state index in [1.165, 1.54) is 68.1 Å². The minimum Gasteiger partial charge on any atom is -0.358 e. The fraction of sp³-hybridized carbons (Fsp3) is 0.622. The van der Waals surface area contributed by atoms with Gasteiger partial charge < -0.3 is 9.80 Å². The highest BCUT2D eigenvalue weighted by Gasteiger charge is 2.42. The van der Waals surface area contributed by atoms with E-state index in [-0.39, 0.29) is 10.8 Å². The van der Waals surface area contributed by atoms with E-state index in [1.54, 1.807) is 11.1 Å². The number of rotatable bonds is 16. The number of hydrogen-bond donors (Lipinski definition) is 0. The molecule has 0 aromatic heterocycles. The van der Waals surface area contributed by atoms with Gasteiger partial charge in [0, 0.05) is 43.1 Å². The van der Waals surface area contributed by atoms with Crippen LogP contribution in [0.2, 0.25) is 0 Å². The molecule has 0 heterocycles. The Labute approximate surface area is 283 Å². The van der Waals surface area contributed by atoms with Crippen molar-refractivity contribution in [3.63, 3.8) is 0 Å². The summed E-state index contributed by atoms with van der Waals surface area (Å²) in [5.74, 6) is 2.24. The maximum atomic E-state index is 5.68. The van der Waals surface area contributed by atoms with Crippen molar-refractivity contribution in [3.8, 4) is 11.1 Å². The molecule has 0 bridgehead atoms. The number of benzene rings is 2. The van der Waals surface area contributed by atoms with Gasteiger partial charge >= 0.3 is 0 Å². The normalized spacial score (nSPS) is 13.5. The fourth-order valence-corrected chi connectivity index (χ4v) is 9.41. The molecule has 3 rings (SSSR count). The SMILES string of the molecule is CCN(CC)C(=S)SCCCCCC1(CCCCCSC(=S)N(CC)CC)c2ccccc2-c2ccc(C(C)(C)C)cc21. The second-order valence-electron chi connectivity index (χ2n) is 12.8. The molecule has 0 fully saturated rings. The zero-order valence-corrected chi connectivity index (χ0v) is 31.2. The third-order valence-corrected chi connectivity index (χ3v) is 12.3. The average molecular weight is 657 g/mol. The summed E-state index contributed by atoms with van der Waals surface area (Å²) in [4.78, 5) is 4.59. The molecule has 0 unspecified atom stereocenters. The van der Waals surface area contributed by atoms with Crippen LogP contribution in [-0.2, 0) is 10.8 Å². The number of thiocarbonyl (C=S) groups is 2. The molecule has 2 aromatic carbocycles. The number of unbranched alkanes of at least 4 members (excludes halogenated alkanes) is 4. The van der Waals surface area contributed by atoms with Gasteiger partial charge in [0.25, 0.3) is 0 Å². The Kier molecular flexibility index (Phi) is 14.9. The topological polar surface area (TPSA) is 6.48 Å². The first-order chi connectivity index (χ1) is 20.6. The molecule has 0 atom stereocenters. The summed E-state index contributed by atoms with van der Waals surface area (Å²) >= 11 is 15.1. The maximum Gasteiger partial charge on any atom is 0.136 e. The lowest BCUT2D eigenvalue weighted by Gasteiger charge is -2.34. The Hall–Kier alpha value is -1.08. The van der Waals surface area contributed by atoms with Crippen LogP contribution in [0, 0.1) is 0 Å². The van der Waals surface area contributed by atoms with E-state index >= 15 is 0 Å². The Morgan fingerprint density at radius 1 is 0.651 bits per heavy atom. The highest BCUT2D eigenvalue weighted by atomic mass is 32.2. The summed E-state index contributed by atoms with van der Waals surface area (Å²) in [6.07, 6.45) is 9.90. The van der Waals surface area contributed by atoms with E-state index < -0.39 is 0 Å². The van der Waals surface area contributed by atoms with E-state index in [1.807, 2.05) is 23.5 Å². The zero-order valence-electron chi connectivity index (χ0n) is 28.0. The highest BCUT2D eigenvalue weighted by Crippen LogP contribution is 2.54. The first kappa shape index (κ1) is 36.4. The Balaban J connectivity index is 1.74. The van der Waals surface area contributed by atoms with E-state index in [0.29, 0.717) is 0 Å². The summed E-state index contributed by atoms with van der Waals surface area (Å²) in [7, 11) is 0. The van der Waals surface area contributed by atoms with E-state index in [9.17, 15) is 0 Å². The largest absolute Gasteiger partial charge is 0.358 e. The summed E-state index contributed by atoms with van der Waals surface area (Å²) < 4.78 is 2.12. The lowest BCUT2D eigenvalue weighted by Crippen LogP contribution is -2.27. The van der Waals surface area contributed by atoms with Crippen molar-refractivity contribution >= 4 is 56.6 Å². The standard InChI is InChI=1S/C37H56N2S4/c1-8-38(9-2)34(40)42-26-18-12-16-24-37(25-17-13-19-27-43-35(41)39(10-3)11-4)32-21-15-14-20-30(32)31-23-22-29(28-33(31)37)36(5,6)7/h14-15,20-23,28H,8-13,16-19,24-27H2,1-7H3. The molecular weight excluding hydrogens is 601 g/mol. The molecular formula is C37H56N2S4.